The summed E-state index contributed by atoms with van der Waals surface area (Å²) in [5, 5.41) is 0. The van der Waals surface area contributed by atoms with Crippen molar-refractivity contribution in [3.05, 3.63) is 0 Å². The Morgan fingerprint density at radius 1 is 0.414 bits per heavy atom. The summed E-state index contributed by atoms with van der Waals surface area (Å²) in [6.45, 7) is 35.2. The molecule has 0 unspecified atom stereocenters. The first kappa shape index (κ1) is 29.0. The van der Waals surface area contributed by atoms with Gasteiger partial charge < -0.3 is 4.74 Å². The van der Waals surface area contributed by atoms with E-state index in [0.717, 1.165) is 13.2 Å². The molecule has 176 valence electrons. The third-order valence-corrected chi connectivity index (χ3v) is 5.94. The van der Waals surface area contributed by atoms with Crippen LogP contribution in [0.1, 0.15) is 135 Å². The monoisotopic (exact) mass is 410 g/mol. The Morgan fingerprint density at radius 3 is 0.759 bits per heavy atom. The highest BCUT2D eigenvalue weighted by atomic mass is 16.5. The smallest absolute Gasteiger partial charge is 0.0522 e. The molecule has 0 aromatic carbocycles. The number of hydrogen-bond donors (Lipinski definition) is 0. The zero-order chi connectivity index (χ0) is 23.4. The molecule has 0 radical (unpaired) electrons. The third kappa shape index (κ3) is 13.1. The van der Waals surface area contributed by atoms with Crippen LogP contribution in [0.2, 0.25) is 0 Å². The van der Waals surface area contributed by atoms with Crippen molar-refractivity contribution in [2.75, 3.05) is 13.2 Å². The van der Waals surface area contributed by atoms with E-state index in [0.29, 0.717) is 21.7 Å². The summed E-state index contributed by atoms with van der Waals surface area (Å²) in [5.41, 5.74) is 1.82. The van der Waals surface area contributed by atoms with E-state index in [-0.39, 0.29) is 10.8 Å². The molecule has 0 rings (SSSR count). The average Bonchev–Trinajstić information content (AvgIpc) is 2.39. The van der Waals surface area contributed by atoms with Gasteiger partial charge in [-0.05, 0) is 71.0 Å². The highest BCUT2D eigenvalue weighted by Gasteiger charge is 2.40. The van der Waals surface area contributed by atoms with Crippen molar-refractivity contribution >= 4 is 0 Å². The molecular formula is C28H58O. The van der Waals surface area contributed by atoms with Crippen LogP contribution in [-0.4, -0.2) is 13.2 Å². The van der Waals surface area contributed by atoms with Crippen LogP contribution in [0, 0.1) is 32.5 Å². The van der Waals surface area contributed by atoms with Gasteiger partial charge in [-0.25, -0.2) is 0 Å². The summed E-state index contributed by atoms with van der Waals surface area (Å²) in [7, 11) is 0. The normalized spacial score (nSPS) is 15.1. The first-order valence-electron chi connectivity index (χ1n) is 12.2. The number of hydrogen-bond acceptors (Lipinski definition) is 1. The fraction of sp³-hybridized carbons (Fsp3) is 1.00. The second kappa shape index (κ2) is 10.1. The van der Waals surface area contributed by atoms with Gasteiger partial charge in [0.15, 0.2) is 0 Å². The molecule has 1 nitrogen and oxygen atoms in total. The van der Waals surface area contributed by atoms with Gasteiger partial charge >= 0.3 is 0 Å². The van der Waals surface area contributed by atoms with E-state index < -0.39 is 0 Å². The Balaban J connectivity index is 5.60. The Bertz CT molecular complexity index is 383. The molecule has 0 aromatic heterocycles. The van der Waals surface area contributed by atoms with E-state index in [1.54, 1.807) is 0 Å². The molecule has 0 fully saturated rings. The van der Waals surface area contributed by atoms with Crippen LogP contribution < -0.4 is 0 Å². The lowest BCUT2D eigenvalue weighted by Gasteiger charge is -2.45. The van der Waals surface area contributed by atoms with Gasteiger partial charge in [0.2, 0.25) is 0 Å². The van der Waals surface area contributed by atoms with Crippen molar-refractivity contribution in [3.8, 4) is 0 Å². The van der Waals surface area contributed by atoms with Crippen molar-refractivity contribution in [3.63, 3.8) is 0 Å². The van der Waals surface area contributed by atoms with Crippen molar-refractivity contribution in [1.29, 1.82) is 0 Å². The average molecular weight is 411 g/mol. The van der Waals surface area contributed by atoms with Crippen LogP contribution >= 0.6 is 0 Å². The van der Waals surface area contributed by atoms with Crippen molar-refractivity contribution < 1.29 is 4.74 Å². The molecule has 0 aliphatic carbocycles. The fourth-order valence-corrected chi connectivity index (χ4v) is 6.02. The molecule has 0 amide bonds. The summed E-state index contributed by atoms with van der Waals surface area (Å²) < 4.78 is 6.73. The van der Waals surface area contributed by atoms with Crippen LogP contribution in [0.4, 0.5) is 0 Å². The highest BCUT2D eigenvalue weighted by Crippen LogP contribution is 2.47. The largest absolute Gasteiger partial charge is 0.380 e. The molecule has 0 N–H and O–H groups in total. The van der Waals surface area contributed by atoms with Crippen molar-refractivity contribution in [1.82, 2.24) is 0 Å². The van der Waals surface area contributed by atoms with E-state index in [1.165, 1.54) is 38.5 Å². The van der Waals surface area contributed by atoms with Crippen LogP contribution in [0.5, 0.6) is 0 Å². The second-order valence-corrected chi connectivity index (χ2v) is 15.1. The van der Waals surface area contributed by atoms with E-state index >= 15 is 0 Å². The summed E-state index contributed by atoms with van der Waals surface area (Å²) in [5.74, 6) is 0. The molecule has 0 heterocycles. The van der Waals surface area contributed by atoms with E-state index in [2.05, 4.69) is 96.9 Å². The summed E-state index contributed by atoms with van der Waals surface area (Å²) >= 11 is 0. The van der Waals surface area contributed by atoms with Gasteiger partial charge in [0.1, 0.15) is 0 Å². The third-order valence-electron chi connectivity index (χ3n) is 5.94. The number of ether oxygens (including phenoxy) is 1. The molecule has 0 aliphatic heterocycles. The van der Waals surface area contributed by atoms with Crippen LogP contribution in [-0.2, 0) is 4.74 Å². The Kier molecular flexibility index (Phi) is 10.0. The summed E-state index contributed by atoms with van der Waals surface area (Å²) in [6.07, 6.45) is 7.30. The molecule has 0 saturated heterocycles. The topological polar surface area (TPSA) is 9.23 Å². The molecule has 0 spiro atoms. The standard InChI is InChI=1S/C28H58O/c1-15-27(17-23(3,4)5,18-24(6,7)8)21-29-22-28(16-2,19-25(9,10)11)20-26(12,13)14/h15-22H2,1-14H3. The van der Waals surface area contributed by atoms with Gasteiger partial charge in [0.05, 0.1) is 13.2 Å². The molecule has 0 bridgehead atoms. The maximum Gasteiger partial charge on any atom is 0.0522 e. The van der Waals surface area contributed by atoms with Crippen molar-refractivity contribution in [2.45, 2.75) is 135 Å². The van der Waals surface area contributed by atoms with Gasteiger partial charge in [-0.3, -0.25) is 0 Å². The van der Waals surface area contributed by atoms with E-state index in [9.17, 15) is 0 Å². The Hall–Kier alpha value is -0.0400. The van der Waals surface area contributed by atoms with Gasteiger partial charge in [-0.1, -0.05) is 96.9 Å². The highest BCUT2D eigenvalue weighted by molar-refractivity contribution is 4.90. The van der Waals surface area contributed by atoms with Crippen LogP contribution in [0.25, 0.3) is 0 Å². The van der Waals surface area contributed by atoms with Crippen LogP contribution in [0.3, 0.4) is 0 Å². The minimum atomic E-state index is 0.263. The fourth-order valence-electron chi connectivity index (χ4n) is 6.02. The molecule has 1 heteroatoms. The molecule has 29 heavy (non-hydrogen) atoms. The summed E-state index contributed by atoms with van der Waals surface area (Å²) in [4.78, 5) is 0. The van der Waals surface area contributed by atoms with Gasteiger partial charge in [0.25, 0.3) is 0 Å². The first-order chi connectivity index (χ1) is 12.7. The molecule has 0 atom stereocenters. The minimum absolute atomic E-state index is 0.263. The molecule has 0 aromatic rings. The number of rotatable bonds is 10. The van der Waals surface area contributed by atoms with E-state index in [4.69, 9.17) is 4.74 Å². The predicted octanol–water partition coefficient (Wildman–Crippen LogP) is 9.54. The second-order valence-electron chi connectivity index (χ2n) is 15.1. The van der Waals surface area contributed by atoms with E-state index in [1.807, 2.05) is 0 Å². The van der Waals surface area contributed by atoms with Gasteiger partial charge in [-0.15, -0.1) is 0 Å². The zero-order valence-corrected chi connectivity index (χ0v) is 23.1. The summed E-state index contributed by atoms with van der Waals surface area (Å²) in [6, 6.07) is 0. The van der Waals surface area contributed by atoms with Crippen LogP contribution in [0.15, 0.2) is 0 Å². The molecule has 0 saturated carbocycles. The maximum absolute atomic E-state index is 6.73. The van der Waals surface area contributed by atoms with Crippen molar-refractivity contribution in [2.24, 2.45) is 32.5 Å². The maximum atomic E-state index is 6.73. The lowest BCUT2D eigenvalue weighted by molar-refractivity contribution is -0.0613. The molecule has 0 aliphatic rings. The predicted molar refractivity (Wildman–Crippen MR) is 133 cm³/mol. The Labute approximate surface area is 186 Å². The first-order valence-corrected chi connectivity index (χ1v) is 12.2. The van der Waals surface area contributed by atoms with Gasteiger partial charge in [-0.2, -0.15) is 0 Å². The van der Waals surface area contributed by atoms with Gasteiger partial charge in [0, 0.05) is 0 Å². The SMILES string of the molecule is CCC(COCC(CC)(CC(C)(C)C)CC(C)(C)C)(CC(C)(C)C)CC(C)(C)C. The minimum Gasteiger partial charge on any atom is -0.380 e. The Morgan fingerprint density at radius 2 is 0.621 bits per heavy atom. The quantitative estimate of drug-likeness (QED) is 0.348. The lowest BCUT2D eigenvalue weighted by atomic mass is 9.64. The molecular weight excluding hydrogens is 352 g/mol. The zero-order valence-electron chi connectivity index (χ0n) is 23.1. The lowest BCUT2D eigenvalue weighted by Crippen LogP contribution is -2.39.